The third-order valence-electron chi connectivity index (χ3n) is 4.75. The number of esters is 2. The minimum atomic E-state index is -1.20. The molecule has 1 atom stereocenters. The van der Waals surface area contributed by atoms with Gasteiger partial charge in [-0.3, -0.25) is 4.79 Å². The first-order valence-electron chi connectivity index (χ1n) is 9.17. The van der Waals surface area contributed by atoms with E-state index in [1.165, 1.54) is 12.1 Å². The van der Waals surface area contributed by atoms with Crippen molar-refractivity contribution in [3.63, 3.8) is 0 Å². The van der Waals surface area contributed by atoms with E-state index in [1.54, 1.807) is 13.0 Å². The number of benzene rings is 1. The highest BCUT2D eigenvalue weighted by Crippen LogP contribution is 2.35. The van der Waals surface area contributed by atoms with Crippen molar-refractivity contribution in [3.05, 3.63) is 34.9 Å². The summed E-state index contributed by atoms with van der Waals surface area (Å²) in [6, 6.07) is 4.45. The van der Waals surface area contributed by atoms with Gasteiger partial charge in [0.15, 0.2) is 0 Å². The van der Waals surface area contributed by atoms with E-state index in [-0.39, 0.29) is 36.2 Å². The Morgan fingerprint density at radius 1 is 1.04 bits per heavy atom. The van der Waals surface area contributed by atoms with Crippen LogP contribution in [0.1, 0.15) is 67.3 Å². The van der Waals surface area contributed by atoms with Crippen molar-refractivity contribution < 1.29 is 29.0 Å². The van der Waals surface area contributed by atoms with Crippen molar-refractivity contribution in [2.45, 2.75) is 48.0 Å². The third-order valence-corrected chi connectivity index (χ3v) is 4.75. The van der Waals surface area contributed by atoms with E-state index >= 15 is 0 Å². The fourth-order valence-corrected chi connectivity index (χ4v) is 2.93. The van der Waals surface area contributed by atoms with Gasteiger partial charge in [-0.1, -0.05) is 39.3 Å². The number of ether oxygens (including phenoxy) is 2. The van der Waals surface area contributed by atoms with E-state index in [9.17, 15) is 19.5 Å². The Balaban J connectivity index is 2.66. The summed E-state index contributed by atoms with van der Waals surface area (Å²) >= 11 is 0. The molecule has 0 heterocycles. The first-order valence-corrected chi connectivity index (χ1v) is 9.17. The van der Waals surface area contributed by atoms with Crippen LogP contribution in [-0.2, 0) is 14.3 Å². The van der Waals surface area contributed by atoms with Crippen LogP contribution < -0.4 is 0 Å². The third kappa shape index (κ3) is 6.08. The maximum Gasteiger partial charge on any atom is 0.339 e. The van der Waals surface area contributed by atoms with Gasteiger partial charge in [0.05, 0.1) is 16.5 Å². The summed E-state index contributed by atoms with van der Waals surface area (Å²) < 4.78 is 10.4. The number of rotatable bonds is 9. The monoisotopic (exact) mass is 378 g/mol. The number of hydrogen-bond donors (Lipinski definition) is 1. The smallest absolute Gasteiger partial charge is 0.339 e. The SMILES string of the molecule is Cc1ccc(C(=O)O)c(C(=O)OCCOC(=O)C(C)(CC(C)C)C(C)C)c1. The molecule has 150 valence electrons. The van der Waals surface area contributed by atoms with Gasteiger partial charge in [-0.15, -0.1) is 0 Å². The zero-order valence-electron chi connectivity index (χ0n) is 17.0. The zero-order valence-corrected chi connectivity index (χ0v) is 17.0. The van der Waals surface area contributed by atoms with Crippen molar-refractivity contribution in [3.8, 4) is 0 Å². The van der Waals surface area contributed by atoms with Gasteiger partial charge in [-0.05, 0) is 44.2 Å². The molecule has 0 saturated carbocycles. The van der Waals surface area contributed by atoms with Gasteiger partial charge in [0, 0.05) is 0 Å². The van der Waals surface area contributed by atoms with Gasteiger partial charge >= 0.3 is 17.9 Å². The predicted octanol–water partition coefficient (Wildman–Crippen LogP) is 4.10. The van der Waals surface area contributed by atoms with Crippen molar-refractivity contribution in [2.24, 2.45) is 17.3 Å². The van der Waals surface area contributed by atoms with Crippen LogP contribution in [0.3, 0.4) is 0 Å². The maximum absolute atomic E-state index is 12.5. The number of aromatic carboxylic acids is 1. The lowest BCUT2D eigenvalue weighted by Gasteiger charge is -2.32. The lowest BCUT2D eigenvalue weighted by atomic mass is 9.73. The minimum absolute atomic E-state index is 0.0133. The largest absolute Gasteiger partial charge is 0.478 e. The maximum atomic E-state index is 12.5. The first kappa shape index (κ1) is 22.7. The van der Waals surface area contributed by atoms with Gasteiger partial charge in [-0.2, -0.15) is 0 Å². The first-order chi connectivity index (χ1) is 12.5. The van der Waals surface area contributed by atoms with E-state index in [0.717, 1.165) is 5.56 Å². The summed E-state index contributed by atoms with van der Waals surface area (Å²) in [5.74, 6) is -1.81. The number of aryl methyl sites for hydroxylation is 1. The number of carbonyl (C=O) groups is 3. The van der Waals surface area contributed by atoms with Crippen LogP contribution >= 0.6 is 0 Å². The molecule has 0 fully saturated rings. The molecule has 1 aromatic rings. The number of carbonyl (C=O) groups excluding carboxylic acids is 2. The number of hydrogen-bond acceptors (Lipinski definition) is 5. The average Bonchev–Trinajstić information content (AvgIpc) is 2.56. The Bertz CT molecular complexity index is 692. The van der Waals surface area contributed by atoms with Crippen LogP contribution in [0.15, 0.2) is 18.2 Å². The van der Waals surface area contributed by atoms with Crippen molar-refractivity contribution in [1.29, 1.82) is 0 Å². The second-order valence-electron chi connectivity index (χ2n) is 7.80. The molecule has 1 N–H and O–H groups in total. The van der Waals surface area contributed by atoms with Crippen LogP contribution in [0.4, 0.5) is 0 Å². The topological polar surface area (TPSA) is 89.9 Å². The Morgan fingerprint density at radius 3 is 2.15 bits per heavy atom. The normalized spacial score (nSPS) is 13.3. The molecular formula is C21H30O6. The molecule has 27 heavy (non-hydrogen) atoms. The van der Waals surface area contributed by atoms with E-state index in [1.807, 2.05) is 20.8 Å². The molecule has 1 unspecified atom stereocenters. The molecule has 6 nitrogen and oxygen atoms in total. The van der Waals surface area contributed by atoms with Gasteiger partial charge in [0.25, 0.3) is 0 Å². The van der Waals surface area contributed by atoms with Gasteiger partial charge < -0.3 is 14.6 Å². The van der Waals surface area contributed by atoms with Crippen LogP contribution in [-0.4, -0.2) is 36.2 Å². The summed E-state index contributed by atoms with van der Waals surface area (Å²) in [5.41, 5.74) is 0.0119. The van der Waals surface area contributed by atoms with Gasteiger partial charge in [-0.25, -0.2) is 9.59 Å². The molecule has 0 bridgehead atoms. The Hall–Kier alpha value is -2.37. The molecule has 1 rings (SSSR count). The summed E-state index contributed by atoms with van der Waals surface area (Å²) in [6.45, 7) is 11.5. The van der Waals surface area contributed by atoms with E-state index in [4.69, 9.17) is 9.47 Å². The number of carboxylic acid groups (broad SMARTS) is 1. The Labute approximate surface area is 160 Å². The van der Waals surface area contributed by atoms with Crippen LogP contribution in [0.2, 0.25) is 0 Å². The highest BCUT2D eigenvalue weighted by atomic mass is 16.6. The van der Waals surface area contributed by atoms with Gasteiger partial charge in [0.2, 0.25) is 0 Å². The van der Waals surface area contributed by atoms with Gasteiger partial charge in [0.1, 0.15) is 13.2 Å². The molecule has 6 heteroatoms. The second-order valence-corrected chi connectivity index (χ2v) is 7.80. The van der Waals surface area contributed by atoms with Crippen molar-refractivity contribution in [2.75, 3.05) is 13.2 Å². The fourth-order valence-electron chi connectivity index (χ4n) is 2.93. The molecule has 0 aliphatic carbocycles. The molecule has 0 spiro atoms. The van der Waals surface area contributed by atoms with Crippen molar-refractivity contribution >= 4 is 17.9 Å². The summed E-state index contributed by atoms with van der Waals surface area (Å²) in [4.78, 5) is 35.9. The summed E-state index contributed by atoms with van der Waals surface area (Å²) in [5, 5.41) is 9.19. The quantitative estimate of drug-likeness (QED) is 0.514. The highest BCUT2D eigenvalue weighted by Gasteiger charge is 2.38. The fraction of sp³-hybridized carbons (Fsp3) is 0.571. The highest BCUT2D eigenvalue weighted by molar-refractivity contribution is 6.02. The molecule has 0 amide bonds. The van der Waals surface area contributed by atoms with Crippen LogP contribution in [0.5, 0.6) is 0 Å². The molecule has 0 aliphatic heterocycles. The Morgan fingerprint density at radius 2 is 1.63 bits per heavy atom. The summed E-state index contributed by atoms with van der Waals surface area (Å²) in [6.07, 6.45) is 0.703. The van der Waals surface area contributed by atoms with E-state index < -0.39 is 17.4 Å². The molecule has 0 aromatic heterocycles. The second kappa shape index (κ2) is 9.53. The molecular weight excluding hydrogens is 348 g/mol. The minimum Gasteiger partial charge on any atom is -0.478 e. The Kier molecular flexibility index (Phi) is 8.00. The molecule has 0 aliphatic rings. The lowest BCUT2D eigenvalue weighted by molar-refractivity contribution is -0.160. The number of carboxylic acids is 1. The molecule has 0 saturated heterocycles. The van der Waals surface area contributed by atoms with Crippen LogP contribution in [0.25, 0.3) is 0 Å². The zero-order chi connectivity index (χ0) is 20.8. The van der Waals surface area contributed by atoms with Crippen LogP contribution in [0, 0.1) is 24.2 Å². The molecule has 0 radical (unpaired) electrons. The predicted molar refractivity (Wildman–Crippen MR) is 102 cm³/mol. The summed E-state index contributed by atoms with van der Waals surface area (Å²) in [7, 11) is 0. The molecule has 1 aromatic carbocycles. The average molecular weight is 378 g/mol. The lowest BCUT2D eigenvalue weighted by Crippen LogP contribution is -2.37. The van der Waals surface area contributed by atoms with E-state index in [0.29, 0.717) is 12.3 Å². The van der Waals surface area contributed by atoms with E-state index in [2.05, 4.69) is 13.8 Å². The van der Waals surface area contributed by atoms with Crippen molar-refractivity contribution in [1.82, 2.24) is 0 Å². The standard InChI is InChI=1S/C21H30O6/c1-13(2)12-21(6,14(3)4)20(25)27-10-9-26-19(24)17-11-15(5)7-8-16(17)18(22)23/h7-8,11,13-14H,9-10,12H2,1-6H3,(H,22,23).